The van der Waals surface area contributed by atoms with Gasteiger partial charge < -0.3 is 14.7 Å². The number of halogens is 6. The highest BCUT2D eigenvalue weighted by Gasteiger charge is 2.43. The number of amidine groups is 2. The first kappa shape index (κ1) is 27.2. The molecule has 0 bridgehead atoms. The molecule has 2 fully saturated rings. The molecule has 0 radical (unpaired) electrons. The van der Waals surface area contributed by atoms with Crippen molar-refractivity contribution in [3.63, 3.8) is 0 Å². The van der Waals surface area contributed by atoms with Gasteiger partial charge >= 0.3 is 6.18 Å². The second kappa shape index (κ2) is 9.80. The van der Waals surface area contributed by atoms with E-state index in [9.17, 15) is 26.7 Å². The first-order chi connectivity index (χ1) is 17.2. The van der Waals surface area contributed by atoms with Gasteiger partial charge in [0.15, 0.2) is 0 Å². The van der Waals surface area contributed by atoms with Gasteiger partial charge in [-0.25, -0.2) is 8.78 Å². The molecule has 2 unspecified atom stereocenters. The van der Waals surface area contributed by atoms with Crippen molar-refractivity contribution < 1.29 is 26.7 Å². The molecule has 200 valence electrons. The highest BCUT2D eigenvalue weighted by atomic mass is 79.9. The van der Waals surface area contributed by atoms with Gasteiger partial charge in [0, 0.05) is 56.2 Å². The average Bonchev–Trinajstić information content (AvgIpc) is 2.81. The molecule has 1 aromatic carbocycles. The predicted molar refractivity (Wildman–Crippen MR) is 133 cm³/mol. The van der Waals surface area contributed by atoms with Crippen LogP contribution in [-0.2, 0) is 10.7 Å². The third-order valence-electron chi connectivity index (χ3n) is 6.95. The van der Waals surface area contributed by atoms with Gasteiger partial charge in [0.1, 0.15) is 5.84 Å². The van der Waals surface area contributed by atoms with Crippen LogP contribution in [-0.4, -0.2) is 71.3 Å². The number of fused-ring (bicyclic) bond motifs is 1. The number of pyridine rings is 1. The Morgan fingerprint density at radius 1 is 1.16 bits per heavy atom. The Morgan fingerprint density at radius 3 is 2.46 bits per heavy atom. The Kier molecular flexibility index (Phi) is 7.21. The molecule has 0 saturated carbocycles. The minimum atomic E-state index is -4.86. The Morgan fingerprint density at radius 2 is 1.86 bits per heavy atom. The van der Waals surface area contributed by atoms with Crippen molar-refractivity contribution in [2.75, 3.05) is 37.6 Å². The highest BCUT2D eigenvalue weighted by Crippen LogP contribution is 2.39. The standard InChI is InChI=1S/C24H26BrF5N6O/c1-13-11-34(20-16-4-3-14(23(2,26)27)9-18(16)33-10-17(20)25)6-5-15(13)21(37)35-7-8-36(19(31)12-35)22(32)24(28,29)30/h3-4,9-10,13,15,31-32H,5-8,11-12H2,1-2H3. The van der Waals surface area contributed by atoms with E-state index in [0.717, 1.165) is 12.6 Å². The van der Waals surface area contributed by atoms with Gasteiger partial charge in [-0.05, 0) is 34.3 Å². The van der Waals surface area contributed by atoms with Crippen LogP contribution in [0.4, 0.5) is 27.6 Å². The van der Waals surface area contributed by atoms with Crippen molar-refractivity contribution in [1.29, 1.82) is 10.8 Å². The summed E-state index contributed by atoms with van der Waals surface area (Å²) in [6, 6.07) is 4.38. The molecule has 2 saturated heterocycles. The lowest BCUT2D eigenvalue weighted by Crippen LogP contribution is -2.58. The Bertz CT molecular complexity index is 1250. The number of carbonyl (C=O) groups excluding carboxylic acids is 1. The van der Waals surface area contributed by atoms with Crippen LogP contribution in [0.25, 0.3) is 10.9 Å². The van der Waals surface area contributed by atoms with Crippen LogP contribution in [0.15, 0.2) is 28.9 Å². The Labute approximate surface area is 218 Å². The number of nitrogens with one attached hydrogen (secondary N) is 2. The largest absolute Gasteiger partial charge is 0.449 e. The molecule has 13 heteroatoms. The van der Waals surface area contributed by atoms with Crippen molar-refractivity contribution in [2.45, 2.75) is 32.4 Å². The normalized spacial score (nSPS) is 21.5. The van der Waals surface area contributed by atoms with Crippen LogP contribution in [0, 0.1) is 22.7 Å². The summed E-state index contributed by atoms with van der Waals surface area (Å²) in [5, 5.41) is 16.0. The summed E-state index contributed by atoms with van der Waals surface area (Å²) >= 11 is 3.52. The number of aromatic nitrogens is 1. The molecule has 2 aliphatic rings. The smallest absolute Gasteiger partial charge is 0.370 e. The number of anilines is 1. The molecular formula is C24H26BrF5N6O. The lowest BCUT2D eigenvalue weighted by Gasteiger charge is -2.42. The number of rotatable bonds is 3. The third kappa shape index (κ3) is 5.41. The summed E-state index contributed by atoms with van der Waals surface area (Å²) in [7, 11) is 0. The number of amides is 1. The van der Waals surface area contributed by atoms with E-state index in [1.54, 1.807) is 12.3 Å². The number of hydrogen-bond donors (Lipinski definition) is 2. The van der Waals surface area contributed by atoms with Crippen molar-refractivity contribution in [3.05, 3.63) is 34.4 Å². The molecule has 7 nitrogen and oxygen atoms in total. The summed E-state index contributed by atoms with van der Waals surface area (Å²) < 4.78 is 67.0. The Hall–Kier alpha value is -2.83. The molecular weight excluding hydrogens is 563 g/mol. The van der Waals surface area contributed by atoms with E-state index in [2.05, 4.69) is 25.8 Å². The van der Waals surface area contributed by atoms with Gasteiger partial charge in [-0.1, -0.05) is 19.1 Å². The second-order valence-corrected chi connectivity index (χ2v) is 10.5. The predicted octanol–water partition coefficient (Wildman–Crippen LogP) is 5.23. The molecule has 2 aliphatic heterocycles. The molecule has 2 N–H and O–H groups in total. The average molecular weight is 589 g/mol. The number of piperazine rings is 1. The topological polar surface area (TPSA) is 87.4 Å². The van der Waals surface area contributed by atoms with Gasteiger partial charge in [-0.15, -0.1) is 0 Å². The van der Waals surface area contributed by atoms with Crippen molar-refractivity contribution >= 4 is 50.1 Å². The second-order valence-electron chi connectivity index (χ2n) is 9.60. The SMILES string of the molecule is CC1CN(c2c(Br)cnc3cc(C(C)(F)F)ccc23)CCC1C(=O)N1CCN(C(=N)C(F)(F)F)C(=N)C1. The van der Waals surface area contributed by atoms with Gasteiger partial charge in [0.25, 0.3) is 5.92 Å². The number of benzene rings is 1. The third-order valence-corrected chi connectivity index (χ3v) is 7.53. The van der Waals surface area contributed by atoms with Gasteiger partial charge in [-0.2, -0.15) is 13.2 Å². The molecule has 37 heavy (non-hydrogen) atoms. The van der Waals surface area contributed by atoms with E-state index in [4.69, 9.17) is 10.8 Å². The van der Waals surface area contributed by atoms with Crippen LogP contribution in [0.3, 0.4) is 0 Å². The molecule has 3 heterocycles. The lowest BCUT2D eigenvalue weighted by molar-refractivity contribution is -0.137. The first-order valence-corrected chi connectivity index (χ1v) is 12.5. The highest BCUT2D eigenvalue weighted by molar-refractivity contribution is 9.10. The lowest BCUT2D eigenvalue weighted by atomic mass is 9.85. The maximum atomic E-state index is 13.8. The number of hydrogen-bond acceptors (Lipinski definition) is 5. The zero-order valence-electron chi connectivity index (χ0n) is 20.2. The maximum absolute atomic E-state index is 13.8. The summed E-state index contributed by atoms with van der Waals surface area (Å²) in [5.74, 6) is -5.74. The fraction of sp³-hybridized carbons (Fsp3) is 0.500. The van der Waals surface area contributed by atoms with Crippen molar-refractivity contribution in [1.82, 2.24) is 14.8 Å². The molecule has 1 aromatic heterocycles. The van der Waals surface area contributed by atoms with E-state index in [-0.39, 0.29) is 42.9 Å². The van der Waals surface area contributed by atoms with E-state index < -0.39 is 23.8 Å². The van der Waals surface area contributed by atoms with E-state index in [1.165, 1.54) is 17.0 Å². The van der Waals surface area contributed by atoms with E-state index in [0.29, 0.717) is 39.8 Å². The van der Waals surface area contributed by atoms with Crippen molar-refractivity contribution in [2.24, 2.45) is 11.8 Å². The van der Waals surface area contributed by atoms with Crippen LogP contribution < -0.4 is 4.90 Å². The van der Waals surface area contributed by atoms with E-state index in [1.807, 2.05) is 6.92 Å². The number of piperidine rings is 1. The number of alkyl halides is 5. The summed E-state index contributed by atoms with van der Waals surface area (Å²) in [5.41, 5.74) is 1.10. The number of carbonyl (C=O) groups is 1. The van der Waals surface area contributed by atoms with Crippen LogP contribution in [0.1, 0.15) is 25.8 Å². The summed E-state index contributed by atoms with van der Waals surface area (Å²) in [6.45, 7) is 3.20. The van der Waals surface area contributed by atoms with Crippen LogP contribution in [0.5, 0.6) is 0 Å². The maximum Gasteiger partial charge on any atom is 0.449 e. The summed E-state index contributed by atoms with van der Waals surface area (Å²) in [4.78, 5) is 21.6. The van der Waals surface area contributed by atoms with Crippen LogP contribution in [0.2, 0.25) is 0 Å². The van der Waals surface area contributed by atoms with Gasteiger partial charge in [-0.3, -0.25) is 20.6 Å². The fourth-order valence-electron chi connectivity index (χ4n) is 4.99. The first-order valence-electron chi connectivity index (χ1n) is 11.7. The minimum absolute atomic E-state index is 0.00244. The minimum Gasteiger partial charge on any atom is -0.370 e. The molecule has 2 atom stereocenters. The zero-order valence-corrected chi connectivity index (χ0v) is 21.8. The molecule has 0 aliphatic carbocycles. The Balaban J connectivity index is 1.47. The van der Waals surface area contributed by atoms with Gasteiger partial charge in [0.2, 0.25) is 11.7 Å². The van der Waals surface area contributed by atoms with Crippen LogP contribution >= 0.6 is 15.9 Å². The van der Waals surface area contributed by atoms with Gasteiger partial charge in [0.05, 0.1) is 22.2 Å². The zero-order chi connectivity index (χ0) is 27.3. The fourth-order valence-corrected chi connectivity index (χ4v) is 5.55. The molecule has 2 aromatic rings. The van der Waals surface area contributed by atoms with E-state index >= 15 is 0 Å². The quantitative estimate of drug-likeness (QED) is 0.292. The summed E-state index contributed by atoms with van der Waals surface area (Å²) in [6.07, 6.45) is -2.81. The molecule has 4 rings (SSSR count). The molecule has 0 spiro atoms. The monoisotopic (exact) mass is 588 g/mol. The molecule has 1 amide bonds. The van der Waals surface area contributed by atoms with Crippen molar-refractivity contribution in [3.8, 4) is 0 Å². The number of nitrogens with zero attached hydrogens (tertiary/aromatic N) is 4.